The van der Waals surface area contributed by atoms with Gasteiger partial charge >= 0.3 is 7.82 Å². The summed E-state index contributed by atoms with van der Waals surface area (Å²) >= 11 is 0. The molecular formula is C7H10N3O4P. The van der Waals surface area contributed by atoms with Crippen LogP contribution in [0, 0.1) is 0 Å². The molecule has 15 heavy (non-hydrogen) atoms. The fraction of sp³-hybridized carbons (Fsp3) is 0. The Morgan fingerprint density at radius 1 is 1.33 bits per heavy atom. The number of phosphoric acid groups is 1. The number of rotatable bonds is 4. The highest BCUT2D eigenvalue weighted by atomic mass is 31.2. The molecule has 82 valence electrons. The summed E-state index contributed by atoms with van der Waals surface area (Å²) in [7, 11) is -4.32. The zero-order valence-electron chi connectivity index (χ0n) is 7.61. The third-order valence-electron chi connectivity index (χ3n) is 1.21. The lowest BCUT2D eigenvalue weighted by atomic mass is 10.3. The Hall–Kier alpha value is -1.72. The molecule has 0 amide bonds. The van der Waals surface area contributed by atoms with Gasteiger partial charge in [0.2, 0.25) is 5.96 Å². The largest absolute Gasteiger partial charge is 0.605 e. The van der Waals surface area contributed by atoms with Crippen molar-refractivity contribution in [2.45, 2.75) is 0 Å². The van der Waals surface area contributed by atoms with Crippen LogP contribution in [0.25, 0.3) is 0 Å². The molecule has 0 aliphatic heterocycles. The first-order valence-electron chi connectivity index (χ1n) is 3.85. The van der Waals surface area contributed by atoms with Crippen molar-refractivity contribution in [3.05, 3.63) is 30.3 Å². The minimum Gasteiger partial charge on any atom is -0.394 e. The second-order valence-electron chi connectivity index (χ2n) is 2.47. The number of oxime groups is 1. The van der Waals surface area contributed by atoms with E-state index >= 15 is 0 Å². The fourth-order valence-electron chi connectivity index (χ4n) is 0.730. The van der Waals surface area contributed by atoms with Crippen molar-refractivity contribution >= 4 is 13.8 Å². The molecule has 0 aromatic heterocycles. The van der Waals surface area contributed by atoms with Gasteiger partial charge in [-0.3, -0.25) is 9.52 Å². The first kappa shape index (κ1) is 11.4. The lowest BCUT2D eigenvalue weighted by Crippen LogP contribution is -2.22. The van der Waals surface area contributed by atoms with E-state index in [0.717, 1.165) is 0 Å². The highest BCUT2D eigenvalue weighted by Crippen LogP contribution is 2.43. The summed E-state index contributed by atoms with van der Waals surface area (Å²) in [6.45, 7) is 0. The Morgan fingerprint density at radius 2 is 1.93 bits per heavy atom. The van der Waals surface area contributed by atoms with E-state index in [-0.39, 0.29) is 5.75 Å². The van der Waals surface area contributed by atoms with Gasteiger partial charge in [0.25, 0.3) is 0 Å². The van der Waals surface area contributed by atoms with Gasteiger partial charge in [0.1, 0.15) is 5.75 Å². The normalized spacial score (nSPS) is 13.7. The van der Waals surface area contributed by atoms with Crippen molar-refractivity contribution in [3.8, 4) is 5.75 Å². The van der Waals surface area contributed by atoms with Crippen molar-refractivity contribution in [1.82, 2.24) is 0 Å². The van der Waals surface area contributed by atoms with E-state index in [1.54, 1.807) is 18.2 Å². The molecule has 1 atom stereocenters. The third kappa shape index (κ3) is 4.35. The topological polar surface area (TPSA) is 120 Å². The molecule has 8 heteroatoms. The first-order valence-corrected chi connectivity index (χ1v) is 5.34. The number of nitrogens with zero attached hydrogens (tertiary/aromatic N) is 1. The molecule has 1 aromatic carbocycles. The Balaban J connectivity index is 2.65. The lowest BCUT2D eigenvalue weighted by molar-refractivity contribution is 0.211. The van der Waals surface area contributed by atoms with Crippen molar-refractivity contribution in [3.63, 3.8) is 0 Å². The smallest absolute Gasteiger partial charge is 0.394 e. The van der Waals surface area contributed by atoms with Crippen molar-refractivity contribution in [2.75, 3.05) is 0 Å². The van der Waals surface area contributed by atoms with E-state index < -0.39 is 13.8 Å². The molecule has 0 saturated heterocycles. The second kappa shape index (κ2) is 4.68. The number of guanidine groups is 1. The maximum absolute atomic E-state index is 11.2. The standard InChI is InChI=1S/C7H10N3O4P/c8-7(9)10-14-15(11,12)13-6-4-2-1-3-5-6/h1-5H,(H,11,12)(H4,8,9,10). The summed E-state index contributed by atoms with van der Waals surface area (Å²) in [6.07, 6.45) is 0. The molecule has 0 fully saturated rings. The molecule has 7 nitrogen and oxygen atoms in total. The lowest BCUT2D eigenvalue weighted by Gasteiger charge is -2.09. The second-order valence-corrected chi connectivity index (χ2v) is 3.75. The Bertz CT molecular complexity index is 390. The third-order valence-corrected chi connectivity index (χ3v) is 1.94. The quantitative estimate of drug-likeness (QED) is 0.298. The SMILES string of the molecule is NC(N)=NOP(=O)(O)Oc1ccccc1. The fourth-order valence-corrected chi connectivity index (χ4v) is 1.35. The molecule has 0 saturated carbocycles. The van der Waals surface area contributed by atoms with E-state index in [4.69, 9.17) is 16.4 Å². The van der Waals surface area contributed by atoms with Crippen LogP contribution < -0.4 is 16.0 Å². The van der Waals surface area contributed by atoms with Crippen LogP contribution in [-0.4, -0.2) is 10.9 Å². The monoisotopic (exact) mass is 231 g/mol. The molecule has 0 aliphatic carbocycles. The number of hydrogen-bond donors (Lipinski definition) is 3. The summed E-state index contributed by atoms with van der Waals surface area (Å²) in [4.78, 5) is 9.11. The zero-order chi connectivity index (χ0) is 11.3. The number of para-hydroxylation sites is 1. The van der Waals surface area contributed by atoms with Crippen LogP contribution in [0.3, 0.4) is 0 Å². The summed E-state index contributed by atoms with van der Waals surface area (Å²) in [5, 5.41) is 2.93. The average Bonchev–Trinajstić information content (AvgIpc) is 2.16. The van der Waals surface area contributed by atoms with Gasteiger partial charge in [-0.25, -0.2) is 4.57 Å². The molecular weight excluding hydrogens is 221 g/mol. The highest BCUT2D eigenvalue weighted by molar-refractivity contribution is 7.47. The van der Waals surface area contributed by atoms with Crippen LogP contribution in [0.2, 0.25) is 0 Å². The van der Waals surface area contributed by atoms with Gasteiger partial charge in [0, 0.05) is 0 Å². The molecule has 0 spiro atoms. The first-order chi connectivity index (χ1) is 6.99. The van der Waals surface area contributed by atoms with Gasteiger partial charge in [-0.2, -0.15) is 0 Å². The number of nitrogens with two attached hydrogens (primary N) is 2. The number of phosphoric ester groups is 1. The zero-order valence-corrected chi connectivity index (χ0v) is 8.50. The maximum atomic E-state index is 11.2. The molecule has 1 unspecified atom stereocenters. The predicted molar refractivity (Wildman–Crippen MR) is 53.8 cm³/mol. The van der Waals surface area contributed by atoms with Gasteiger partial charge in [0.15, 0.2) is 0 Å². The molecule has 0 heterocycles. The molecule has 5 N–H and O–H groups in total. The Kier molecular flexibility index (Phi) is 3.54. The van der Waals surface area contributed by atoms with Gasteiger partial charge in [-0.15, -0.1) is 0 Å². The van der Waals surface area contributed by atoms with Crippen molar-refractivity contribution in [2.24, 2.45) is 16.6 Å². The van der Waals surface area contributed by atoms with Crippen LogP contribution in [0.5, 0.6) is 5.75 Å². The van der Waals surface area contributed by atoms with Crippen LogP contribution in [0.4, 0.5) is 0 Å². The Morgan fingerprint density at radius 3 is 2.47 bits per heavy atom. The summed E-state index contributed by atoms with van der Waals surface area (Å²) in [5.41, 5.74) is 9.82. The van der Waals surface area contributed by atoms with Gasteiger partial charge in [-0.05, 0) is 17.3 Å². The van der Waals surface area contributed by atoms with Crippen molar-refractivity contribution < 1.29 is 18.6 Å². The van der Waals surface area contributed by atoms with Crippen molar-refractivity contribution in [1.29, 1.82) is 0 Å². The van der Waals surface area contributed by atoms with E-state index in [9.17, 15) is 4.57 Å². The van der Waals surface area contributed by atoms with Gasteiger partial charge < -0.3 is 16.0 Å². The minimum atomic E-state index is -4.32. The summed E-state index contributed by atoms with van der Waals surface area (Å²) in [6, 6.07) is 7.97. The van der Waals surface area contributed by atoms with E-state index in [1.165, 1.54) is 12.1 Å². The van der Waals surface area contributed by atoms with Crippen LogP contribution >= 0.6 is 7.82 Å². The average molecular weight is 231 g/mol. The molecule has 1 aromatic rings. The van der Waals surface area contributed by atoms with Gasteiger partial charge in [-0.1, -0.05) is 18.2 Å². The Labute approximate surface area is 85.9 Å². The molecule has 1 rings (SSSR count). The summed E-state index contributed by atoms with van der Waals surface area (Å²) < 4.78 is 19.9. The molecule has 0 aliphatic rings. The maximum Gasteiger partial charge on any atom is 0.605 e. The van der Waals surface area contributed by atoms with Gasteiger partial charge in [0.05, 0.1) is 0 Å². The predicted octanol–water partition coefficient (Wildman–Crippen LogP) is 0.371. The minimum absolute atomic E-state index is 0.175. The van der Waals surface area contributed by atoms with Crippen LogP contribution in [-0.2, 0) is 9.19 Å². The number of benzene rings is 1. The highest BCUT2D eigenvalue weighted by Gasteiger charge is 2.24. The number of hydrogen-bond acceptors (Lipinski definition) is 4. The van der Waals surface area contributed by atoms with E-state index in [1.807, 2.05) is 0 Å². The molecule has 0 radical (unpaired) electrons. The van der Waals surface area contributed by atoms with Crippen LogP contribution in [0.1, 0.15) is 0 Å². The van der Waals surface area contributed by atoms with E-state index in [0.29, 0.717) is 0 Å². The van der Waals surface area contributed by atoms with E-state index in [2.05, 4.69) is 14.3 Å². The van der Waals surface area contributed by atoms with Crippen LogP contribution in [0.15, 0.2) is 35.5 Å². The molecule has 0 bridgehead atoms. The summed E-state index contributed by atoms with van der Waals surface area (Å²) in [5.74, 6) is -0.296.